The fourth-order valence-corrected chi connectivity index (χ4v) is 6.25. The summed E-state index contributed by atoms with van der Waals surface area (Å²) in [4.78, 5) is 29.8. The summed E-state index contributed by atoms with van der Waals surface area (Å²) in [5.41, 5.74) is 0. The van der Waals surface area contributed by atoms with E-state index in [1.165, 1.54) is 0 Å². The molecule has 0 aromatic rings. The van der Waals surface area contributed by atoms with Gasteiger partial charge in [0.1, 0.15) is 0 Å². The number of hydrogen-bond donors (Lipinski definition) is 0. The Kier molecular flexibility index (Phi) is 17.3. The molecule has 0 saturated carbocycles. The fraction of sp³-hybridized carbons (Fsp3) is 0.923. The molecule has 0 aromatic heterocycles. The molecule has 0 unspecified atom stereocenters. The second kappa shape index (κ2) is 17.5. The van der Waals surface area contributed by atoms with Crippen molar-refractivity contribution in [3.05, 3.63) is 0 Å². The van der Waals surface area contributed by atoms with Crippen molar-refractivity contribution in [3.8, 4) is 0 Å². The molecule has 0 aliphatic rings. The highest BCUT2D eigenvalue weighted by atomic mass is 28.4. The lowest BCUT2D eigenvalue weighted by atomic mass is 10.1. The lowest BCUT2D eigenvalue weighted by Crippen LogP contribution is -2.40. The van der Waals surface area contributed by atoms with Gasteiger partial charge in [-0.1, -0.05) is 0 Å². The quantitative estimate of drug-likeness (QED) is 0.125. The van der Waals surface area contributed by atoms with E-state index in [4.69, 9.17) is 17.7 Å². The summed E-state index contributed by atoms with van der Waals surface area (Å²) in [5.74, 6) is 0.222. The second-order valence-electron chi connectivity index (χ2n) is 13.8. The molecule has 12 heteroatoms. The van der Waals surface area contributed by atoms with E-state index in [2.05, 4.69) is 78.6 Å². The first kappa shape index (κ1) is 37.6. The summed E-state index contributed by atoms with van der Waals surface area (Å²) < 4.78 is 24.0. The molecule has 0 heterocycles. The molecule has 0 rings (SSSR count). The van der Waals surface area contributed by atoms with Crippen molar-refractivity contribution in [3.63, 3.8) is 0 Å². The standard InChI is InChI=1S/C26H60N2O6Si4/c1-35(2,3)31-21-17-27(18-22-32-36(4,5)6)25(29)15-13-14-16-26(30)28(19-23-33-37(7,8)9)20-24-34-38(10,11)12/h13-24H2,1-12H3. The van der Waals surface area contributed by atoms with Crippen LogP contribution < -0.4 is 0 Å². The topological polar surface area (TPSA) is 77.5 Å². The molecule has 0 spiro atoms. The number of rotatable bonds is 21. The summed E-state index contributed by atoms with van der Waals surface area (Å²) in [6.45, 7) is 30.4. The van der Waals surface area contributed by atoms with Crippen LogP contribution in [-0.2, 0) is 27.3 Å². The third kappa shape index (κ3) is 23.5. The minimum atomic E-state index is -1.63. The maximum Gasteiger partial charge on any atom is 0.222 e. The molecule has 8 nitrogen and oxygen atoms in total. The van der Waals surface area contributed by atoms with Gasteiger partial charge in [0.15, 0.2) is 33.3 Å². The minimum Gasteiger partial charge on any atom is -0.416 e. The van der Waals surface area contributed by atoms with Gasteiger partial charge in [0.05, 0.1) is 26.4 Å². The molecule has 226 valence electrons. The number of amides is 2. The number of hydrogen-bond acceptors (Lipinski definition) is 6. The number of nitrogens with zero attached hydrogens (tertiary/aromatic N) is 2. The van der Waals surface area contributed by atoms with E-state index in [1.807, 2.05) is 9.80 Å². The zero-order valence-corrected chi connectivity index (χ0v) is 30.8. The van der Waals surface area contributed by atoms with Gasteiger partial charge >= 0.3 is 0 Å². The van der Waals surface area contributed by atoms with Crippen molar-refractivity contribution >= 4 is 45.1 Å². The molecule has 0 N–H and O–H groups in total. The van der Waals surface area contributed by atoms with E-state index < -0.39 is 33.3 Å². The van der Waals surface area contributed by atoms with Gasteiger partial charge in [0.2, 0.25) is 11.8 Å². The Hall–Kier alpha value is -0.352. The van der Waals surface area contributed by atoms with Crippen LogP contribution in [0.5, 0.6) is 0 Å². The summed E-state index contributed by atoms with van der Waals surface area (Å²) in [5, 5.41) is 0. The summed E-state index contributed by atoms with van der Waals surface area (Å²) in [6.07, 6.45) is 2.25. The van der Waals surface area contributed by atoms with Crippen molar-refractivity contribution in [2.24, 2.45) is 0 Å². The van der Waals surface area contributed by atoms with Crippen LogP contribution in [0.4, 0.5) is 0 Å². The molecular formula is C26H60N2O6Si4. The Morgan fingerprint density at radius 3 is 0.842 bits per heavy atom. The van der Waals surface area contributed by atoms with Crippen LogP contribution in [0, 0.1) is 0 Å². The van der Waals surface area contributed by atoms with E-state index in [0.29, 0.717) is 78.3 Å². The molecule has 0 radical (unpaired) electrons. The predicted molar refractivity (Wildman–Crippen MR) is 169 cm³/mol. The Morgan fingerprint density at radius 1 is 0.447 bits per heavy atom. The Morgan fingerprint density at radius 2 is 0.658 bits per heavy atom. The van der Waals surface area contributed by atoms with Crippen molar-refractivity contribution < 1.29 is 27.3 Å². The average molecular weight is 609 g/mol. The van der Waals surface area contributed by atoms with E-state index in [0.717, 1.165) is 0 Å². The molecule has 0 bridgehead atoms. The largest absolute Gasteiger partial charge is 0.416 e. The van der Waals surface area contributed by atoms with E-state index in [9.17, 15) is 9.59 Å². The average Bonchev–Trinajstić information content (AvgIpc) is 2.71. The third-order valence-electron chi connectivity index (χ3n) is 5.32. The van der Waals surface area contributed by atoms with Crippen LogP contribution in [0.3, 0.4) is 0 Å². The Labute approximate surface area is 238 Å². The summed E-state index contributed by atoms with van der Waals surface area (Å²) in [6, 6.07) is 0. The zero-order chi connectivity index (χ0) is 29.6. The molecule has 2 amide bonds. The SMILES string of the molecule is C[Si](C)(C)OCCN(CCO[Si](C)(C)C)C(=O)CCCCC(=O)N(CCO[Si](C)(C)C)CCO[Si](C)(C)C. The highest BCUT2D eigenvalue weighted by Crippen LogP contribution is 2.11. The monoisotopic (exact) mass is 608 g/mol. The molecule has 0 aromatic carbocycles. The first-order chi connectivity index (χ1) is 17.2. The Balaban J connectivity index is 4.80. The van der Waals surface area contributed by atoms with Crippen LogP contribution in [0.2, 0.25) is 78.6 Å². The van der Waals surface area contributed by atoms with E-state index in [1.54, 1.807) is 0 Å². The molecule has 0 fully saturated rings. The lowest BCUT2D eigenvalue weighted by Gasteiger charge is -2.27. The van der Waals surface area contributed by atoms with Crippen LogP contribution in [0.1, 0.15) is 25.7 Å². The van der Waals surface area contributed by atoms with Crippen LogP contribution in [0.15, 0.2) is 0 Å². The first-order valence-electron chi connectivity index (χ1n) is 14.3. The molecule has 0 saturated heterocycles. The van der Waals surface area contributed by atoms with Gasteiger partial charge < -0.3 is 27.5 Å². The molecule has 0 atom stereocenters. The van der Waals surface area contributed by atoms with Gasteiger partial charge in [-0.2, -0.15) is 0 Å². The van der Waals surface area contributed by atoms with Gasteiger partial charge in [-0.25, -0.2) is 0 Å². The predicted octanol–water partition coefficient (Wildman–Crippen LogP) is 5.61. The smallest absolute Gasteiger partial charge is 0.222 e. The van der Waals surface area contributed by atoms with E-state index >= 15 is 0 Å². The van der Waals surface area contributed by atoms with Crippen LogP contribution >= 0.6 is 0 Å². The minimum absolute atomic E-state index is 0.111. The van der Waals surface area contributed by atoms with Crippen LogP contribution in [0.25, 0.3) is 0 Å². The highest BCUT2D eigenvalue weighted by molar-refractivity contribution is 6.70. The second-order valence-corrected chi connectivity index (χ2v) is 31.9. The summed E-state index contributed by atoms with van der Waals surface area (Å²) in [7, 11) is -6.53. The van der Waals surface area contributed by atoms with Gasteiger partial charge in [-0.05, 0) is 91.4 Å². The summed E-state index contributed by atoms with van der Waals surface area (Å²) >= 11 is 0. The number of carbonyl (C=O) groups excluding carboxylic acids is 2. The van der Waals surface area contributed by atoms with Crippen LogP contribution in [-0.4, -0.2) is 107 Å². The van der Waals surface area contributed by atoms with E-state index in [-0.39, 0.29) is 11.8 Å². The number of unbranched alkanes of at least 4 members (excludes halogenated alkanes) is 1. The molecule has 0 aliphatic carbocycles. The van der Waals surface area contributed by atoms with Crippen molar-refractivity contribution in [1.29, 1.82) is 0 Å². The zero-order valence-electron chi connectivity index (χ0n) is 26.8. The maximum atomic E-state index is 13.0. The van der Waals surface area contributed by atoms with Gasteiger partial charge in [0.25, 0.3) is 0 Å². The van der Waals surface area contributed by atoms with Gasteiger partial charge in [-0.15, -0.1) is 0 Å². The first-order valence-corrected chi connectivity index (χ1v) is 27.9. The Bertz CT molecular complexity index is 587. The highest BCUT2D eigenvalue weighted by Gasteiger charge is 2.21. The van der Waals surface area contributed by atoms with Crippen molar-refractivity contribution in [2.75, 3.05) is 52.6 Å². The molecular weight excluding hydrogens is 549 g/mol. The number of carbonyl (C=O) groups is 2. The molecule has 38 heavy (non-hydrogen) atoms. The lowest BCUT2D eigenvalue weighted by molar-refractivity contribution is -0.134. The third-order valence-corrected chi connectivity index (χ3v) is 9.60. The normalized spacial score (nSPS) is 13.1. The van der Waals surface area contributed by atoms with Gasteiger partial charge in [-0.3, -0.25) is 9.59 Å². The van der Waals surface area contributed by atoms with Gasteiger partial charge in [0, 0.05) is 39.0 Å². The van der Waals surface area contributed by atoms with Crippen molar-refractivity contribution in [1.82, 2.24) is 9.80 Å². The molecule has 0 aliphatic heterocycles. The van der Waals surface area contributed by atoms with Crippen molar-refractivity contribution in [2.45, 2.75) is 104 Å². The fourth-order valence-electron chi connectivity index (χ4n) is 3.44. The maximum absolute atomic E-state index is 13.0.